The summed E-state index contributed by atoms with van der Waals surface area (Å²) in [7, 11) is 0. The fourth-order valence-corrected chi connectivity index (χ4v) is 1.37. The molecule has 0 amide bonds. The molecular formula is C12H9F2N. The van der Waals surface area contributed by atoms with E-state index >= 15 is 0 Å². The van der Waals surface area contributed by atoms with E-state index in [4.69, 9.17) is 0 Å². The molecule has 0 fully saturated rings. The molecule has 0 N–H and O–H groups in total. The van der Waals surface area contributed by atoms with Crippen LogP contribution in [0.2, 0.25) is 0 Å². The molecule has 0 spiro atoms. The van der Waals surface area contributed by atoms with Gasteiger partial charge in [0.15, 0.2) is 0 Å². The number of pyridine rings is 1. The standard InChI is InChI=1S/C12H9F2N/c1-8-2-4-11(14)10(6-8)12-5-3-9(13)7-15-12/h2-7H,1H3. The highest BCUT2D eigenvalue weighted by atomic mass is 19.1. The molecule has 0 atom stereocenters. The van der Waals surface area contributed by atoms with Gasteiger partial charge in [-0.25, -0.2) is 8.78 Å². The van der Waals surface area contributed by atoms with Crippen LogP contribution in [0.4, 0.5) is 8.78 Å². The van der Waals surface area contributed by atoms with Gasteiger partial charge in [-0.05, 0) is 31.2 Å². The number of hydrogen-bond acceptors (Lipinski definition) is 1. The van der Waals surface area contributed by atoms with Gasteiger partial charge in [-0.1, -0.05) is 11.6 Å². The molecule has 1 aromatic carbocycles. The Morgan fingerprint density at radius 3 is 2.53 bits per heavy atom. The Morgan fingerprint density at radius 1 is 1.07 bits per heavy atom. The molecule has 0 bridgehead atoms. The summed E-state index contributed by atoms with van der Waals surface area (Å²) in [6, 6.07) is 7.49. The molecule has 0 aliphatic carbocycles. The maximum atomic E-state index is 13.4. The quantitative estimate of drug-likeness (QED) is 0.695. The molecule has 0 aliphatic rings. The Hall–Kier alpha value is -1.77. The van der Waals surface area contributed by atoms with Gasteiger partial charge in [-0.2, -0.15) is 0 Å². The average Bonchev–Trinajstić information content (AvgIpc) is 2.23. The highest BCUT2D eigenvalue weighted by molar-refractivity contribution is 5.60. The zero-order valence-electron chi connectivity index (χ0n) is 8.17. The van der Waals surface area contributed by atoms with Gasteiger partial charge in [0.2, 0.25) is 0 Å². The van der Waals surface area contributed by atoms with Gasteiger partial charge in [0.25, 0.3) is 0 Å². The molecule has 2 rings (SSSR count). The first-order valence-corrected chi connectivity index (χ1v) is 4.55. The van der Waals surface area contributed by atoms with Crippen molar-refractivity contribution in [3.63, 3.8) is 0 Å². The number of hydrogen-bond donors (Lipinski definition) is 0. The number of aromatic nitrogens is 1. The molecule has 0 radical (unpaired) electrons. The van der Waals surface area contributed by atoms with Gasteiger partial charge in [0.05, 0.1) is 11.9 Å². The fourth-order valence-electron chi connectivity index (χ4n) is 1.37. The third-order valence-electron chi connectivity index (χ3n) is 2.13. The SMILES string of the molecule is Cc1ccc(F)c(-c2ccc(F)cn2)c1. The number of rotatable bonds is 1. The van der Waals surface area contributed by atoms with Crippen LogP contribution >= 0.6 is 0 Å². The summed E-state index contributed by atoms with van der Waals surface area (Å²) in [6.07, 6.45) is 1.08. The van der Waals surface area contributed by atoms with Gasteiger partial charge in [-0.15, -0.1) is 0 Å². The minimum absolute atomic E-state index is 0.347. The zero-order valence-corrected chi connectivity index (χ0v) is 8.17. The van der Waals surface area contributed by atoms with Crippen LogP contribution in [0.1, 0.15) is 5.56 Å². The van der Waals surface area contributed by atoms with Crippen molar-refractivity contribution < 1.29 is 8.78 Å². The summed E-state index contributed by atoms with van der Waals surface area (Å²) in [5, 5.41) is 0. The van der Waals surface area contributed by atoms with E-state index < -0.39 is 5.82 Å². The van der Waals surface area contributed by atoms with E-state index in [1.165, 1.54) is 18.2 Å². The summed E-state index contributed by atoms with van der Waals surface area (Å²) < 4.78 is 26.0. The fraction of sp³-hybridized carbons (Fsp3) is 0.0833. The first-order valence-electron chi connectivity index (χ1n) is 4.55. The Morgan fingerprint density at radius 2 is 1.87 bits per heavy atom. The number of aryl methyl sites for hydroxylation is 1. The second-order valence-electron chi connectivity index (χ2n) is 3.34. The summed E-state index contributed by atoms with van der Waals surface area (Å²) in [5.41, 5.74) is 1.78. The molecule has 15 heavy (non-hydrogen) atoms. The molecule has 3 heteroatoms. The number of benzene rings is 1. The monoisotopic (exact) mass is 205 g/mol. The molecule has 2 aromatic rings. The molecule has 0 saturated heterocycles. The van der Waals surface area contributed by atoms with Crippen LogP contribution in [0.5, 0.6) is 0 Å². The molecule has 1 nitrogen and oxygen atoms in total. The van der Waals surface area contributed by atoms with Crippen molar-refractivity contribution in [1.29, 1.82) is 0 Å². The third-order valence-corrected chi connectivity index (χ3v) is 2.13. The van der Waals surface area contributed by atoms with Crippen molar-refractivity contribution in [3.05, 3.63) is 53.7 Å². The van der Waals surface area contributed by atoms with E-state index in [1.54, 1.807) is 12.1 Å². The van der Waals surface area contributed by atoms with Gasteiger partial charge < -0.3 is 0 Å². The Balaban J connectivity index is 2.53. The summed E-state index contributed by atoms with van der Waals surface area (Å²) >= 11 is 0. The van der Waals surface area contributed by atoms with Gasteiger partial charge in [0.1, 0.15) is 11.6 Å². The Bertz CT molecular complexity index is 477. The predicted molar refractivity (Wildman–Crippen MR) is 54.3 cm³/mol. The maximum absolute atomic E-state index is 13.4. The van der Waals surface area contributed by atoms with Gasteiger partial charge in [0, 0.05) is 5.56 Å². The van der Waals surface area contributed by atoms with Crippen LogP contribution in [0.15, 0.2) is 36.5 Å². The van der Waals surface area contributed by atoms with E-state index in [-0.39, 0.29) is 5.82 Å². The van der Waals surface area contributed by atoms with E-state index in [1.807, 2.05) is 6.92 Å². The van der Waals surface area contributed by atoms with Crippen LogP contribution in [-0.4, -0.2) is 4.98 Å². The van der Waals surface area contributed by atoms with Crippen LogP contribution in [0, 0.1) is 18.6 Å². The van der Waals surface area contributed by atoms with Crippen molar-refractivity contribution in [2.24, 2.45) is 0 Å². The first-order chi connectivity index (χ1) is 7.16. The van der Waals surface area contributed by atoms with E-state index in [0.717, 1.165) is 11.8 Å². The zero-order chi connectivity index (χ0) is 10.8. The van der Waals surface area contributed by atoms with Crippen molar-refractivity contribution >= 4 is 0 Å². The molecule has 0 unspecified atom stereocenters. The number of nitrogens with zero attached hydrogens (tertiary/aromatic N) is 1. The van der Waals surface area contributed by atoms with Crippen molar-refractivity contribution in [3.8, 4) is 11.3 Å². The Labute approximate surface area is 86.4 Å². The Kier molecular flexibility index (Phi) is 2.46. The summed E-state index contributed by atoms with van der Waals surface area (Å²) in [4.78, 5) is 3.84. The van der Waals surface area contributed by atoms with Gasteiger partial charge in [-0.3, -0.25) is 4.98 Å². The molecule has 0 saturated carbocycles. The van der Waals surface area contributed by atoms with Crippen LogP contribution in [0.25, 0.3) is 11.3 Å². The lowest BCUT2D eigenvalue weighted by Gasteiger charge is -2.03. The molecule has 76 valence electrons. The second kappa shape index (κ2) is 3.77. The smallest absolute Gasteiger partial charge is 0.141 e. The van der Waals surface area contributed by atoms with E-state index in [9.17, 15) is 8.78 Å². The number of halogens is 2. The third kappa shape index (κ3) is 2.01. The molecular weight excluding hydrogens is 196 g/mol. The van der Waals surface area contributed by atoms with Gasteiger partial charge >= 0.3 is 0 Å². The highest BCUT2D eigenvalue weighted by Gasteiger charge is 2.06. The largest absolute Gasteiger partial charge is 0.253 e. The van der Waals surface area contributed by atoms with E-state index in [2.05, 4.69) is 4.98 Å². The lowest BCUT2D eigenvalue weighted by Crippen LogP contribution is -1.89. The normalized spacial score (nSPS) is 10.3. The lowest BCUT2D eigenvalue weighted by molar-refractivity contribution is 0.619. The second-order valence-corrected chi connectivity index (χ2v) is 3.34. The maximum Gasteiger partial charge on any atom is 0.141 e. The first kappa shape index (κ1) is 9.77. The van der Waals surface area contributed by atoms with Crippen molar-refractivity contribution in [2.45, 2.75) is 6.92 Å². The van der Waals surface area contributed by atoms with Crippen molar-refractivity contribution in [1.82, 2.24) is 4.98 Å². The lowest BCUT2D eigenvalue weighted by atomic mass is 10.1. The molecule has 1 aromatic heterocycles. The average molecular weight is 205 g/mol. The molecule has 0 aliphatic heterocycles. The summed E-state index contributed by atoms with van der Waals surface area (Å²) in [6.45, 7) is 1.87. The van der Waals surface area contributed by atoms with Crippen molar-refractivity contribution in [2.75, 3.05) is 0 Å². The minimum Gasteiger partial charge on any atom is -0.253 e. The minimum atomic E-state index is -0.424. The topological polar surface area (TPSA) is 12.9 Å². The predicted octanol–water partition coefficient (Wildman–Crippen LogP) is 3.34. The van der Waals surface area contributed by atoms with E-state index in [0.29, 0.717) is 11.3 Å². The van der Waals surface area contributed by atoms with Crippen LogP contribution < -0.4 is 0 Å². The van der Waals surface area contributed by atoms with Crippen LogP contribution in [0.3, 0.4) is 0 Å². The molecule has 1 heterocycles. The highest BCUT2D eigenvalue weighted by Crippen LogP contribution is 2.21. The summed E-state index contributed by atoms with van der Waals surface area (Å²) in [5.74, 6) is -0.772. The van der Waals surface area contributed by atoms with Crippen LogP contribution in [-0.2, 0) is 0 Å².